The van der Waals surface area contributed by atoms with Crippen molar-refractivity contribution in [3.05, 3.63) is 23.4 Å². The van der Waals surface area contributed by atoms with Crippen LogP contribution < -0.4 is 4.90 Å². The number of methoxy groups -OCH3 is 1. The van der Waals surface area contributed by atoms with Crippen LogP contribution in [-0.2, 0) is 4.74 Å². The number of anilines is 1. The molecule has 3 heteroatoms. The molecular weight excluding hydrogens is 200 g/mol. The van der Waals surface area contributed by atoms with Crippen LogP contribution in [0.25, 0.3) is 6.08 Å². The summed E-state index contributed by atoms with van der Waals surface area (Å²) in [5.74, 6) is 1.25. The Morgan fingerprint density at radius 2 is 2.06 bits per heavy atom. The summed E-state index contributed by atoms with van der Waals surface area (Å²) in [6.45, 7) is 6.56. The molecule has 0 bridgehead atoms. The average Bonchev–Trinajstić information content (AvgIpc) is 2.58. The summed E-state index contributed by atoms with van der Waals surface area (Å²) in [6, 6.07) is 0.467. The Hall–Kier alpha value is -1.22. The Morgan fingerprint density at radius 3 is 2.62 bits per heavy atom. The maximum Gasteiger partial charge on any atom is 0.150 e. The molecule has 0 saturated heterocycles. The summed E-state index contributed by atoms with van der Waals surface area (Å²) in [5.41, 5.74) is 2.63. The van der Waals surface area contributed by atoms with E-state index in [9.17, 15) is 0 Å². The van der Waals surface area contributed by atoms with E-state index in [0.717, 1.165) is 0 Å². The molecule has 0 amide bonds. The summed E-state index contributed by atoms with van der Waals surface area (Å²) < 4.78 is 7.74. The molecule has 0 fully saturated rings. The zero-order chi connectivity index (χ0) is 11.9. The van der Waals surface area contributed by atoms with Gasteiger partial charge in [0.25, 0.3) is 0 Å². The Bertz CT molecular complexity index is 418. The predicted octanol–water partition coefficient (Wildman–Crippen LogP) is 2.81. The summed E-state index contributed by atoms with van der Waals surface area (Å²) in [4.78, 5) is 2.18. The number of fused-ring (bicyclic) bond motifs is 1. The van der Waals surface area contributed by atoms with Crippen molar-refractivity contribution in [2.75, 3.05) is 19.1 Å². The zero-order valence-electron chi connectivity index (χ0n) is 10.7. The highest BCUT2D eigenvalue weighted by atomic mass is 16.5. The van der Waals surface area contributed by atoms with Crippen molar-refractivity contribution < 1.29 is 4.74 Å². The number of aryl methyl sites for hydroxylation is 1. The third-order valence-corrected chi connectivity index (χ3v) is 3.18. The van der Waals surface area contributed by atoms with E-state index in [4.69, 9.17) is 4.74 Å². The predicted molar refractivity (Wildman–Crippen MR) is 67.8 cm³/mol. The van der Waals surface area contributed by atoms with E-state index < -0.39 is 0 Å². The number of ether oxygens (including phenoxy) is 1. The highest BCUT2D eigenvalue weighted by molar-refractivity contribution is 5.72. The van der Waals surface area contributed by atoms with Gasteiger partial charge in [-0.1, -0.05) is 6.08 Å². The molecule has 2 rings (SSSR count). The molecule has 3 nitrogen and oxygen atoms in total. The van der Waals surface area contributed by atoms with Crippen LogP contribution >= 0.6 is 0 Å². The minimum Gasteiger partial charge on any atom is -0.358 e. The molecule has 1 aliphatic rings. The van der Waals surface area contributed by atoms with Crippen LogP contribution in [0.5, 0.6) is 0 Å². The second kappa shape index (κ2) is 3.98. The van der Waals surface area contributed by atoms with Gasteiger partial charge < -0.3 is 14.2 Å². The van der Waals surface area contributed by atoms with E-state index in [1.54, 1.807) is 7.11 Å². The fourth-order valence-corrected chi connectivity index (χ4v) is 2.29. The van der Waals surface area contributed by atoms with Gasteiger partial charge in [-0.3, -0.25) is 0 Å². The van der Waals surface area contributed by atoms with Crippen LogP contribution in [0.1, 0.15) is 31.0 Å². The average molecular weight is 220 g/mol. The van der Waals surface area contributed by atoms with Crippen LogP contribution in [0.4, 0.5) is 5.82 Å². The van der Waals surface area contributed by atoms with Crippen molar-refractivity contribution in [2.45, 2.75) is 33.0 Å². The molecule has 88 valence electrons. The number of nitrogens with zero attached hydrogens (tertiary/aromatic N) is 2. The highest BCUT2D eigenvalue weighted by Crippen LogP contribution is 2.34. The summed E-state index contributed by atoms with van der Waals surface area (Å²) in [6.07, 6.45) is 6.52. The maximum absolute atomic E-state index is 5.43. The highest BCUT2D eigenvalue weighted by Gasteiger charge is 2.24. The number of aromatic nitrogens is 1. The molecule has 0 N–H and O–H groups in total. The van der Waals surface area contributed by atoms with Crippen LogP contribution in [0, 0.1) is 6.92 Å². The molecule has 0 spiro atoms. The normalized spacial score (nSPS) is 19.4. The number of hydrogen-bond donors (Lipinski definition) is 0. The fraction of sp³-hybridized carbons (Fsp3) is 0.538. The molecule has 0 radical (unpaired) electrons. The first-order chi connectivity index (χ1) is 7.56. The molecule has 1 unspecified atom stereocenters. The lowest BCUT2D eigenvalue weighted by Gasteiger charge is -2.32. The van der Waals surface area contributed by atoms with E-state index >= 15 is 0 Å². The first-order valence-corrected chi connectivity index (χ1v) is 5.71. The molecule has 16 heavy (non-hydrogen) atoms. The minimum absolute atomic E-state index is 0.0410. The molecule has 1 aromatic rings. The zero-order valence-corrected chi connectivity index (χ0v) is 10.7. The van der Waals surface area contributed by atoms with E-state index in [-0.39, 0.29) is 6.23 Å². The standard InChI is InChI=1S/C13H20N2O/c1-9(2)15-8-10(3)11-6-7-12(16-5)14(4)13(11)15/h6-9,12H,1-5H3. The van der Waals surface area contributed by atoms with Crippen molar-refractivity contribution in [3.63, 3.8) is 0 Å². The number of hydrogen-bond acceptors (Lipinski definition) is 2. The molecule has 1 aromatic heterocycles. The molecule has 0 aliphatic carbocycles. The Kier molecular flexibility index (Phi) is 2.80. The first kappa shape index (κ1) is 11.3. The van der Waals surface area contributed by atoms with Gasteiger partial charge >= 0.3 is 0 Å². The molecule has 0 saturated carbocycles. The van der Waals surface area contributed by atoms with Crippen LogP contribution in [0.15, 0.2) is 12.3 Å². The van der Waals surface area contributed by atoms with E-state index in [1.165, 1.54) is 16.9 Å². The van der Waals surface area contributed by atoms with Crippen molar-refractivity contribution in [1.29, 1.82) is 0 Å². The van der Waals surface area contributed by atoms with Gasteiger partial charge in [-0.05, 0) is 32.4 Å². The van der Waals surface area contributed by atoms with Gasteiger partial charge in [0.1, 0.15) is 12.0 Å². The molecule has 0 aromatic carbocycles. The third kappa shape index (κ3) is 1.55. The van der Waals surface area contributed by atoms with Crippen LogP contribution in [0.3, 0.4) is 0 Å². The molecular formula is C13H20N2O. The van der Waals surface area contributed by atoms with Crippen molar-refractivity contribution in [1.82, 2.24) is 4.57 Å². The monoisotopic (exact) mass is 220 g/mol. The topological polar surface area (TPSA) is 17.4 Å². The number of likely N-dealkylation sites (N-methyl/N-ethyl adjacent to an activating group) is 1. The fourth-order valence-electron chi connectivity index (χ4n) is 2.29. The Balaban J connectivity index is 2.54. The van der Waals surface area contributed by atoms with Gasteiger partial charge in [-0.15, -0.1) is 0 Å². The summed E-state index contributed by atoms with van der Waals surface area (Å²) in [5, 5.41) is 0. The van der Waals surface area contributed by atoms with Gasteiger partial charge in [-0.25, -0.2) is 0 Å². The SMILES string of the molecule is COC1C=Cc2c(C)cn(C(C)C)c2N1C. The summed E-state index contributed by atoms with van der Waals surface area (Å²) in [7, 11) is 3.82. The maximum atomic E-state index is 5.43. The van der Waals surface area contributed by atoms with Gasteiger partial charge in [0, 0.05) is 32.0 Å². The lowest BCUT2D eigenvalue weighted by molar-refractivity contribution is 0.140. The smallest absolute Gasteiger partial charge is 0.150 e. The molecule has 1 atom stereocenters. The van der Waals surface area contributed by atoms with Gasteiger partial charge in [0.2, 0.25) is 0 Å². The van der Waals surface area contributed by atoms with E-state index in [0.29, 0.717) is 6.04 Å². The largest absolute Gasteiger partial charge is 0.358 e. The van der Waals surface area contributed by atoms with Crippen molar-refractivity contribution in [3.8, 4) is 0 Å². The van der Waals surface area contributed by atoms with E-state index in [1.807, 2.05) is 0 Å². The lowest BCUT2D eigenvalue weighted by atomic mass is 10.1. The van der Waals surface area contributed by atoms with Crippen molar-refractivity contribution >= 4 is 11.9 Å². The van der Waals surface area contributed by atoms with Gasteiger partial charge in [-0.2, -0.15) is 0 Å². The summed E-state index contributed by atoms with van der Waals surface area (Å²) >= 11 is 0. The van der Waals surface area contributed by atoms with Crippen LogP contribution in [0.2, 0.25) is 0 Å². The quantitative estimate of drug-likeness (QED) is 0.762. The van der Waals surface area contributed by atoms with Crippen molar-refractivity contribution in [2.24, 2.45) is 0 Å². The van der Waals surface area contributed by atoms with Crippen LogP contribution in [-0.4, -0.2) is 25.0 Å². The minimum atomic E-state index is 0.0410. The van der Waals surface area contributed by atoms with E-state index in [2.05, 4.69) is 55.6 Å². The molecule has 1 aliphatic heterocycles. The molecule has 2 heterocycles. The van der Waals surface area contributed by atoms with Gasteiger partial charge in [0.05, 0.1) is 0 Å². The number of rotatable bonds is 2. The van der Waals surface area contributed by atoms with Gasteiger partial charge in [0.15, 0.2) is 0 Å². The second-order valence-corrected chi connectivity index (χ2v) is 4.65. The third-order valence-electron chi connectivity index (χ3n) is 3.18. The lowest BCUT2D eigenvalue weighted by Crippen LogP contribution is -2.35. The Morgan fingerprint density at radius 1 is 1.38 bits per heavy atom. The second-order valence-electron chi connectivity index (χ2n) is 4.65. The first-order valence-electron chi connectivity index (χ1n) is 5.71. The Labute approximate surface area is 97.3 Å².